The molecule has 9 heteroatoms. The average molecular weight is 498 g/mol. The van der Waals surface area contributed by atoms with Crippen LogP contribution in [-0.4, -0.2) is 47.5 Å². The lowest BCUT2D eigenvalue weighted by Crippen LogP contribution is -2.49. The first kappa shape index (κ1) is 24.7. The monoisotopic (exact) mass is 497 g/mol. The van der Waals surface area contributed by atoms with Crippen molar-refractivity contribution in [1.82, 2.24) is 9.88 Å². The summed E-state index contributed by atoms with van der Waals surface area (Å²) in [6, 6.07) is 11.2. The van der Waals surface area contributed by atoms with E-state index in [1.54, 1.807) is 29.6 Å². The molecule has 1 aliphatic heterocycles. The number of carbonyl (C=O) groups excluding carboxylic acids is 2. The van der Waals surface area contributed by atoms with Gasteiger partial charge in [0.15, 0.2) is 11.7 Å². The molecule has 2 amide bonds. The number of benzene rings is 2. The third-order valence-corrected chi connectivity index (χ3v) is 6.88. The molecule has 0 aliphatic carbocycles. The van der Waals surface area contributed by atoms with Gasteiger partial charge in [-0.25, -0.2) is 9.37 Å². The van der Waals surface area contributed by atoms with Gasteiger partial charge in [-0.2, -0.15) is 0 Å². The highest BCUT2D eigenvalue weighted by Crippen LogP contribution is 2.33. The molecular formula is C26H28FN3O4S. The Morgan fingerprint density at radius 2 is 1.86 bits per heavy atom. The number of ether oxygens (including phenoxy) is 2. The number of hydrogen-bond donors (Lipinski definition) is 1. The van der Waals surface area contributed by atoms with Gasteiger partial charge >= 0.3 is 0 Å². The molecule has 35 heavy (non-hydrogen) atoms. The van der Waals surface area contributed by atoms with E-state index in [4.69, 9.17) is 9.47 Å². The Kier molecular flexibility index (Phi) is 7.65. The normalized spacial score (nSPS) is 17.7. The first-order chi connectivity index (χ1) is 16.9. The molecule has 0 bridgehead atoms. The van der Waals surface area contributed by atoms with Crippen molar-refractivity contribution in [3.05, 3.63) is 59.2 Å². The predicted molar refractivity (Wildman–Crippen MR) is 134 cm³/mol. The number of nitrogens with one attached hydrogen (secondary N) is 1. The van der Waals surface area contributed by atoms with E-state index < -0.39 is 5.82 Å². The maximum absolute atomic E-state index is 13.7. The minimum atomic E-state index is -0.400. The SMILES string of the molecule is COc1ccc(F)cc1-c1csc(NC(=O)c2ccc(OCC(=O)N3C(C)CCCC3C)cc2)n1. The number of rotatable bonds is 7. The van der Waals surface area contributed by atoms with E-state index in [9.17, 15) is 14.0 Å². The highest BCUT2D eigenvalue weighted by molar-refractivity contribution is 7.14. The fourth-order valence-corrected chi connectivity index (χ4v) is 5.05. The quantitative estimate of drug-likeness (QED) is 0.474. The zero-order valence-corrected chi connectivity index (χ0v) is 20.7. The number of aromatic nitrogens is 1. The Bertz CT molecular complexity index is 1190. The van der Waals surface area contributed by atoms with Crippen LogP contribution in [0.2, 0.25) is 0 Å². The van der Waals surface area contributed by atoms with Gasteiger partial charge in [-0.15, -0.1) is 11.3 Å². The van der Waals surface area contributed by atoms with Crippen LogP contribution in [0.5, 0.6) is 11.5 Å². The molecule has 4 rings (SSSR count). The molecule has 184 valence electrons. The van der Waals surface area contributed by atoms with Gasteiger partial charge in [-0.3, -0.25) is 14.9 Å². The Balaban J connectivity index is 1.35. The molecule has 2 aromatic carbocycles. The van der Waals surface area contributed by atoms with Crippen LogP contribution >= 0.6 is 11.3 Å². The maximum atomic E-state index is 13.7. The number of likely N-dealkylation sites (tertiary alicyclic amines) is 1. The van der Waals surface area contributed by atoms with Crippen LogP contribution < -0.4 is 14.8 Å². The molecule has 1 saturated heterocycles. The summed E-state index contributed by atoms with van der Waals surface area (Å²) in [5.41, 5.74) is 1.43. The van der Waals surface area contributed by atoms with Crippen molar-refractivity contribution >= 4 is 28.3 Å². The second kappa shape index (κ2) is 10.9. The van der Waals surface area contributed by atoms with Gasteiger partial charge in [-0.05, 0) is 75.6 Å². The minimum absolute atomic E-state index is 0.0268. The van der Waals surface area contributed by atoms with Crippen molar-refractivity contribution < 1.29 is 23.5 Å². The number of thiazole rings is 1. The summed E-state index contributed by atoms with van der Waals surface area (Å²) in [5, 5.41) is 4.86. The molecule has 1 aromatic heterocycles. The Hall–Kier alpha value is -3.46. The van der Waals surface area contributed by atoms with Gasteiger partial charge in [0.1, 0.15) is 17.3 Å². The Morgan fingerprint density at radius 1 is 1.14 bits per heavy atom. The number of hydrogen-bond acceptors (Lipinski definition) is 6. The number of carbonyl (C=O) groups is 2. The van der Waals surface area contributed by atoms with Crippen LogP contribution in [-0.2, 0) is 4.79 Å². The predicted octanol–water partition coefficient (Wildman–Crippen LogP) is 5.38. The van der Waals surface area contributed by atoms with Gasteiger partial charge in [0.25, 0.3) is 11.8 Å². The highest BCUT2D eigenvalue weighted by Gasteiger charge is 2.29. The first-order valence-corrected chi connectivity index (χ1v) is 12.4. The Morgan fingerprint density at radius 3 is 2.54 bits per heavy atom. The van der Waals surface area contributed by atoms with Gasteiger partial charge < -0.3 is 14.4 Å². The van der Waals surface area contributed by atoms with Crippen molar-refractivity contribution in [2.75, 3.05) is 19.0 Å². The molecule has 0 radical (unpaired) electrons. The molecule has 0 spiro atoms. The lowest BCUT2D eigenvalue weighted by atomic mass is 9.97. The lowest BCUT2D eigenvalue weighted by Gasteiger charge is -2.38. The topological polar surface area (TPSA) is 80.8 Å². The van der Waals surface area contributed by atoms with Gasteiger partial charge in [0, 0.05) is 28.6 Å². The van der Waals surface area contributed by atoms with E-state index in [1.807, 2.05) is 4.90 Å². The molecule has 3 aromatic rings. The molecule has 1 N–H and O–H groups in total. The maximum Gasteiger partial charge on any atom is 0.260 e. The van der Waals surface area contributed by atoms with Crippen molar-refractivity contribution in [2.45, 2.75) is 45.2 Å². The number of nitrogens with zero attached hydrogens (tertiary/aromatic N) is 2. The number of methoxy groups -OCH3 is 1. The van der Waals surface area contributed by atoms with Gasteiger partial charge in [-0.1, -0.05) is 0 Å². The van der Waals surface area contributed by atoms with E-state index >= 15 is 0 Å². The highest BCUT2D eigenvalue weighted by atomic mass is 32.1. The average Bonchev–Trinajstić information content (AvgIpc) is 3.31. The summed E-state index contributed by atoms with van der Waals surface area (Å²) in [4.78, 5) is 31.6. The van der Waals surface area contributed by atoms with Crippen LogP contribution in [0.25, 0.3) is 11.3 Å². The fourth-order valence-electron chi connectivity index (χ4n) is 4.34. The fraction of sp³-hybridized carbons (Fsp3) is 0.346. The van der Waals surface area contributed by atoms with Crippen LogP contribution in [0.3, 0.4) is 0 Å². The molecule has 2 unspecified atom stereocenters. The summed E-state index contributed by atoms with van der Waals surface area (Å²) in [6.07, 6.45) is 3.16. The molecular weight excluding hydrogens is 469 g/mol. The first-order valence-electron chi connectivity index (χ1n) is 11.5. The summed E-state index contributed by atoms with van der Waals surface area (Å²) >= 11 is 1.23. The van der Waals surface area contributed by atoms with Crippen LogP contribution in [0.15, 0.2) is 47.8 Å². The second-order valence-corrected chi connectivity index (χ2v) is 9.44. The number of piperidine rings is 1. The number of halogens is 1. The lowest BCUT2D eigenvalue weighted by molar-refractivity contribution is -0.139. The second-order valence-electron chi connectivity index (χ2n) is 8.58. The van der Waals surface area contributed by atoms with Crippen molar-refractivity contribution in [3.63, 3.8) is 0 Å². The van der Waals surface area contributed by atoms with Crippen molar-refractivity contribution in [2.24, 2.45) is 0 Å². The third-order valence-electron chi connectivity index (χ3n) is 6.12. The molecule has 0 saturated carbocycles. The van der Waals surface area contributed by atoms with E-state index in [2.05, 4.69) is 24.1 Å². The van der Waals surface area contributed by atoms with Crippen molar-refractivity contribution in [1.29, 1.82) is 0 Å². The Labute approximate surface area is 207 Å². The van der Waals surface area contributed by atoms with E-state index in [0.29, 0.717) is 33.5 Å². The third kappa shape index (κ3) is 5.79. The largest absolute Gasteiger partial charge is 0.496 e. The summed E-state index contributed by atoms with van der Waals surface area (Å²) in [5.74, 6) is 0.245. The zero-order valence-electron chi connectivity index (χ0n) is 19.9. The smallest absolute Gasteiger partial charge is 0.260 e. The minimum Gasteiger partial charge on any atom is -0.496 e. The van der Waals surface area contributed by atoms with Crippen LogP contribution in [0.4, 0.5) is 9.52 Å². The van der Waals surface area contributed by atoms with Crippen LogP contribution in [0.1, 0.15) is 43.5 Å². The van der Waals surface area contributed by atoms with Crippen LogP contribution in [0, 0.1) is 5.82 Å². The molecule has 2 heterocycles. The van der Waals surface area contributed by atoms with E-state index in [0.717, 1.165) is 19.3 Å². The zero-order chi connectivity index (χ0) is 24.9. The standard InChI is InChI=1S/C26H28FN3O4S/c1-16-5-4-6-17(2)30(16)24(31)14-34-20-10-7-18(8-11-20)25(32)29-26-28-22(15-35-26)21-13-19(27)9-12-23(21)33-3/h7-13,15-17H,4-6,14H2,1-3H3,(H,28,29,32). The van der Waals surface area contributed by atoms with Gasteiger partial charge in [0.05, 0.1) is 12.8 Å². The van der Waals surface area contributed by atoms with E-state index in [-0.39, 0.29) is 30.5 Å². The van der Waals surface area contributed by atoms with Gasteiger partial charge in [0.2, 0.25) is 0 Å². The summed E-state index contributed by atoms with van der Waals surface area (Å²) in [6.45, 7) is 4.10. The molecule has 2 atom stereocenters. The van der Waals surface area contributed by atoms with E-state index in [1.165, 1.54) is 36.6 Å². The summed E-state index contributed by atoms with van der Waals surface area (Å²) in [7, 11) is 1.50. The number of anilines is 1. The summed E-state index contributed by atoms with van der Waals surface area (Å²) < 4.78 is 24.6. The molecule has 7 nitrogen and oxygen atoms in total. The molecule has 1 fully saturated rings. The number of amides is 2. The van der Waals surface area contributed by atoms with Crippen molar-refractivity contribution in [3.8, 4) is 22.8 Å². The molecule has 1 aliphatic rings.